The monoisotopic (exact) mass is 265 g/mol. The van der Waals surface area contributed by atoms with Crippen LogP contribution in [-0.4, -0.2) is 32.6 Å². The fourth-order valence-electron chi connectivity index (χ4n) is 1.36. The third-order valence-corrected chi connectivity index (χ3v) is 2.48. The van der Waals surface area contributed by atoms with E-state index in [9.17, 15) is 4.79 Å². The molecular formula is C15H27N3O. The Balaban J connectivity index is 0.000000555. The van der Waals surface area contributed by atoms with Crippen LogP contribution in [0.4, 0.5) is 0 Å². The first kappa shape index (κ1) is 17.6. The molecule has 1 amide bonds. The van der Waals surface area contributed by atoms with Crippen molar-refractivity contribution in [1.29, 1.82) is 0 Å². The molecule has 0 saturated carbocycles. The Morgan fingerprint density at radius 2 is 1.84 bits per heavy atom. The Hall–Kier alpha value is -1.39. The second kappa shape index (κ2) is 13.1. The molecule has 4 heteroatoms. The molecule has 0 aromatic heterocycles. The van der Waals surface area contributed by atoms with Gasteiger partial charge in [-0.25, -0.2) is 0 Å². The molecule has 1 aromatic rings. The minimum atomic E-state index is 0.00158. The second-order valence-corrected chi connectivity index (χ2v) is 4.22. The molecule has 0 heterocycles. The Bertz CT molecular complexity index is 312. The van der Waals surface area contributed by atoms with Gasteiger partial charge in [-0.1, -0.05) is 31.5 Å². The van der Waals surface area contributed by atoms with Crippen molar-refractivity contribution in [3.05, 3.63) is 35.9 Å². The number of rotatable bonds is 7. The summed E-state index contributed by atoms with van der Waals surface area (Å²) in [6.07, 6.45) is 3.34. The van der Waals surface area contributed by atoms with Crippen molar-refractivity contribution in [3.63, 3.8) is 0 Å². The van der Waals surface area contributed by atoms with Gasteiger partial charge in [-0.2, -0.15) is 0 Å². The summed E-state index contributed by atoms with van der Waals surface area (Å²) in [4.78, 5) is 11.5. The SMILES string of the molecule is CCCCN.CNCCCNC(=O)c1ccccc1. The van der Waals surface area contributed by atoms with Gasteiger partial charge < -0.3 is 16.4 Å². The maximum atomic E-state index is 11.5. The van der Waals surface area contributed by atoms with Gasteiger partial charge in [0.15, 0.2) is 0 Å². The molecule has 1 aromatic carbocycles. The molecule has 0 unspecified atom stereocenters. The van der Waals surface area contributed by atoms with Crippen LogP contribution in [0.15, 0.2) is 30.3 Å². The first-order valence-corrected chi connectivity index (χ1v) is 6.94. The van der Waals surface area contributed by atoms with Crippen LogP contribution in [0.1, 0.15) is 36.5 Å². The predicted octanol–water partition coefficient (Wildman–Crippen LogP) is 1.77. The molecule has 0 radical (unpaired) electrons. The summed E-state index contributed by atoms with van der Waals surface area (Å²) in [6, 6.07) is 9.25. The summed E-state index contributed by atoms with van der Waals surface area (Å²) in [5.41, 5.74) is 5.86. The molecule has 108 valence electrons. The molecule has 0 aliphatic rings. The van der Waals surface area contributed by atoms with Gasteiger partial charge in [0.1, 0.15) is 0 Å². The van der Waals surface area contributed by atoms with E-state index in [-0.39, 0.29) is 5.91 Å². The number of hydrogen-bond acceptors (Lipinski definition) is 3. The second-order valence-electron chi connectivity index (χ2n) is 4.22. The van der Waals surface area contributed by atoms with Crippen LogP contribution in [0.2, 0.25) is 0 Å². The molecule has 4 N–H and O–H groups in total. The minimum absolute atomic E-state index is 0.00158. The fraction of sp³-hybridized carbons (Fsp3) is 0.533. The molecule has 0 saturated heterocycles. The fourth-order valence-corrected chi connectivity index (χ4v) is 1.36. The van der Waals surface area contributed by atoms with Crippen LogP contribution in [0.5, 0.6) is 0 Å². The van der Waals surface area contributed by atoms with E-state index in [1.165, 1.54) is 12.8 Å². The van der Waals surface area contributed by atoms with E-state index in [0.717, 1.165) is 25.1 Å². The standard InChI is InChI=1S/C11H16N2O.C4H11N/c1-12-8-5-9-13-11(14)10-6-3-2-4-7-10;1-2-3-4-5/h2-4,6-7,12H,5,8-9H2,1H3,(H,13,14);2-5H2,1H3. The van der Waals surface area contributed by atoms with Crippen molar-refractivity contribution in [2.75, 3.05) is 26.7 Å². The first-order valence-electron chi connectivity index (χ1n) is 6.94. The summed E-state index contributed by atoms with van der Waals surface area (Å²) < 4.78 is 0. The lowest BCUT2D eigenvalue weighted by Crippen LogP contribution is -2.26. The number of nitrogens with two attached hydrogens (primary N) is 1. The highest BCUT2D eigenvalue weighted by molar-refractivity contribution is 5.94. The van der Waals surface area contributed by atoms with Crippen molar-refractivity contribution < 1.29 is 4.79 Å². The Morgan fingerprint density at radius 1 is 1.16 bits per heavy atom. The highest BCUT2D eigenvalue weighted by Crippen LogP contribution is 1.97. The number of carbonyl (C=O) groups excluding carboxylic acids is 1. The quantitative estimate of drug-likeness (QED) is 0.658. The van der Waals surface area contributed by atoms with E-state index in [4.69, 9.17) is 5.73 Å². The van der Waals surface area contributed by atoms with Gasteiger partial charge in [-0.05, 0) is 45.1 Å². The van der Waals surface area contributed by atoms with E-state index in [2.05, 4.69) is 17.6 Å². The molecule has 1 rings (SSSR count). The average molecular weight is 265 g/mol. The Labute approximate surface area is 116 Å². The molecular weight excluding hydrogens is 238 g/mol. The lowest BCUT2D eigenvalue weighted by Gasteiger charge is -2.04. The van der Waals surface area contributed by atoms with Crippen molar-refractivity contribution in [2.45, 2.75) is 26.2 Å². The largest absolute Gasteiger partial charge is 0.352 e. The summed E-state index contributed by atoms with van der Waals surface area (Å²) in [5, 5.41) is 5.88. The topological polar surface area (TPSA) is 67.2 Å². The molecule has 0 aliphatic heterocycles. The van der Waals surface area contributed by atoms with Gasteiger partial charge in [0, 0.05) is 12.1 Å². The van der Waals surface area contributed by atoms with E-state index in [0.29, 0.717) is 6.54 Å². The molecule has 0 spiro atoms. The van der Waals surface area contributed by atoms with Crippen LogP contribution in [0.3, 0.4) is 0 Å². The van der Waals surface area contributed by atoms with Gasteiger partial charge in [0.05, 0.1) is 0 Å². The highest BCUT2D eigenvalue weighted by Gasteiger charge is 2.01. The normalized spacial score (nSPS) is 9.42. The van der Waals surface area contributed by atoms with Crippen LogP contribution < -0.4 is 16.4 Å². The van der Waals surface area contributed by atoms with Crippen molar-refractivity contribution in [2.24, 2.45) is 5.73 Å². The van der Waals surface area contributed by atoms with Crippen LogP contribution in [-0.2, 0) is 0 Å². The highest BCUT2D eigenvalue weighted by atomic mass is 16.1. The van der Waals surface area contributed by atoms with Crippen molar-refractivity contribution >= 4 is 5.91 Å². The predicted molar refractivity (Wildman–Crippen MR) is 81.3 cm³/mol. The number of hydrogen-bond donors (Lipinski definition) is 3. The van der Waals surface area contributed by atoms with Gasteiger partial charge in [0.2, 0.25) is 0 Å². The number of nitrogens with one attached hydrogen (secondary N) is 2. The van der Waals surface area contributed by atoms with Crippen LogP contribution >= 0.6 is 0 Å². The van der Waals surface area contributed by atoms with E-state index >= 15 is 0 Å². The molecule has 4 nitrogen and oxygen atoms in total. The lowest BCUT2D eigenvalue weighted by atomic mass is 10.2. The van der Waals surface area contributed by atoms with Gasteiger partial charge >= 0.3 is 0 Å². The number of unbranched alkanes of at least 4 members (excludes halogenated alkanes) is 1. The lowest BCUT2D eigenvalue weighted by molar-refractivity contribution is 0.0953. The molecule has 19 heavy (non-hydrogen) atoms. The number of carbonyl (C=O) groups is 1. The smallest absolute Gasteiger partial charge is 0.251 e. The number of amides is 1. The van der Waals surface area contributed by atoms with E-state index < -0.39 is 0 Å². The van der Waals surface area contributed by atoms with Gasteiger partial charge in [-0.15, -0.1) is 0 Å². The first-order chi connectivity index (χ1) is 9.26. The summed E-state index contributed by atoms with van der Waals surface area (Å²) in [6.45, 7) is 4.62. The third-order valence-electron chi connectivity index (χ3n) is 2.48. The van der Waals surface area contributed by atoms with Crippen LogP contribution in [0.25, 0.3) is 0 Å². The summed E-state index contributed by atoms with van der Waals surface area (Å²) >= 11 is 0. The van der Waals surface area contributed by atoms with Crippen molar-refractivity contribution in [1.82, 2.24) is 10.6 Å². The molecule has 0 atom stereocenters. The zero-order chi connectivity index (χ0) is 14.3. The maximum Gasteiger partial charge on any atom is 0.251 e. The van der Waals surface area contributed by atoms with Gasteiger partial charge in [-0.3, -0.25) is 4.79 Å². The average Bonchev–Trinajstić information content (AvgIpc) is 2.46. The van der Waals surface area contributed by atoms with Crippen LogP contribution in [0, 0.1) is 0 Å². The summed E-state index contributed by atoms with van der Waals surface area (Å²) in [5.74, 6) is 0.00158. The minimum Gasteiger partial charge on any atom is -0.352 e. The molecule has 0 fully saturated rings. The summed E-state index contributed by atoms with van der Waals surface area (Å²) in [7, 11) is 1.90. The Morgan fingerprint density at radius 3 is 2.32 bits per heavy atom. The molecule has 0 bridgehead atoms. The Kier molecular flexibility index (Phi) is 12.1. The zero-order valence-corrected chi connectivity index (χ0v) is 12.1. The number of benzene rings is 1. The van der Waals surface area contributed by atoms with E-state index in [1.54, 1.807) is 0 Å². The zero-order valence-electron chi connectivity index (χ0n) is 12.1. The van der Waals surface area contributed by atoms with Gasteiger partial charge in [0.25, 0.3) is 5.91 Å². The third kappa shape index (κ3) is 10.2. The molecule has 0 aliphatic carbocycles. The van der Waals surface area contributed by atoms with E-state index in [1.807, 2.05) is 37.4 Å². The van der Waals surface area contributed by atoms with Crippen molar-refractivity contribution in [3.8, 4) is 0 Å². The maximum absolute atomic E-state index is 11.5.